The third-order valence-corrected chi connectivity index (χ3v) is 3.10. The van der Waals surface area contributed by atoms with E-state index in [4.69, 9.17) is 4.74 Å². The van der Waals surface area contributed by atoms with Crippen LogP contribution < -0.4 is 0 Å². The number of rotatable bonds is 4. The Morgan fingerprint density at radius 2 is 1.95 bits per heavy atom. The maximum absolute atomic E-state index is 11.6. The van der Waals surface area contributed by atoms with Crippen molar-refractivity contribution in [1.82, 2.24) is 0 Å². The molecule has 2 heteroatoms. The lowest BCUT2D eigenvalue weighted by Gasteiger charge is -2.28. The fraction of sp³-hybridized carbons (Fsp3) is 0.353. The monoisotopic (exact) mass is 256 g/mol. The van der Waals surface area contributed by atoms with Gasteiger partial charge in [-0.2, -0.15) is 0 Å². The van der Waals surface area contributed by atoms with E-state index in [1.165, 1.54) is 0 Å². The normalized spacial score (nSPS) is 18.4. The Kier molecular flexibility index (Phi) is 4.20. The first kappa shape index (κ1) is 13.6. The number of ether oxygens (including phenoxy) is 1. The van der Waals surface area contributed by atoms with Crippen LogP contribution in [0.2, 0.25) is 0 Å². The molecule has 0 heterocycles. The molecule has 0 radical (unpaired) electrons. The predicted octanol–water partition coefficient (Wildman–Crippen LogP) is 3.99. The van der Waals surface area contributed by atoms with Gasteiger partial charge in [-0.1, -0.05) is 50.3 Å². The minimum absolute atomic E-state index is 0.0182. The van der Waals surface area contributed by atoms with Crippen LogP contribution in [-0.4, -0.2) is 12.4 Å². The first-order chi connectivity index (χ1) is 9.05. The minimum atomic E-state index is 0.0182. The third kappa shape index (κ3) is 4.40. The number of benzene rings is 1. The van der Waals surface area contributed by atoms with E-state index >= 15 is 0 Å². The highest BCUT2D eigenvalue weighted by Crippen LogP contribution is 2.33. The molecule has 0 spiro atoms. The molecule has 0 N–H and O–H groups in total. The number of hydrogen-bond donors (Lipinski definition) is 0. The molecule has 0 fully saturated rings. The molecule has 0 atom stereocenters. The molecule has 0 saturated heterocycles. The van der Waals surface area contributed by atoms with Gasteiger partial charge in [-0.15, -0.1) is 0 Å². The third-order valence-electron chi connectivity index (χ3n) is 3.10. The molecule has 19 heavy (non-hydrogen) atoms. The van der Waals surface area contributed by atoms with Crippen LogP contribution in [0, 0.1) is 5.41 Å². The van der Waals surface area contributed by atoms with Crippen LogP contribution in [0.5, 0.6) is 0 Å². The molecule has 0 bridgehead atoms. The molecule has 1 aliphatic carbocycles. The summed E-state index contributed by atoms with van der Waals surface area (Å²) in [5.41, 5.74) is 1.17. The van der Waals surface area contributed by atoms with Gasteiger partial charge in [-0.25, -0.2) is 0 Å². The first-order valence-corrected chi connectivity index (χ1v) is 6.63. The number of ketones is 1. The molecule has 0 saturated carbocycles. The smallest absolute Gasteiger partial charge is 0.159 e. The van der Waals surface area contributed by atoms with Crippen molar-refractivity contribution in [2.24, 2.45) is 5.41 Å². The van der Waals surface area contributed by atoms with Crippen LogP contribution in [0.25, 0.3) is 6.08 Å². The van der Waals surface area contributed by atoms with E-state index in [-0.39, 0.29) is 11.2 Å². The number of hydrogen-bond acceptors (Lipinski definition) is 2. The average molecular weight is 256 g/mol. The summed E-state index contributed by atoms with van der Waals surface area (Å²) >= 11 is 0. The number of allylic oxidation sites excluding steroid dienone is 2. The van der Waals surface area contributed by atoms with Gasteiger partial charge in [0.25, 0.3) is 0 Å². The summed E-state index contributed by atoms with van der Waals surface area (Å²) in [6.07, 6.45) is 7.08. The van der Waals surface area contributed by atoms with E-state index in [0.29, 0.717) is 13.0 Å². The second-order valence-electron chi connectivity index (χ2n) is 5.72. The summed E-state index contributed by atoms with van der Waals surface area (Å²) in [6.45, 7) is 4.70. The Balaban J connectivity index is 1.86. The maximum atomic E-state index is 11.6. The lowest BCUT2D eigenvalue weighted by Crippen LogP contribution is -2.22. The van der Waals surface area contributed by atoms with Crippen LogP contribution in [0.3, 0.4) is 0 Å². The SMILES string of the molecule is CC1(C)CC(=O)C=C(OC/C=C/c2ccccc2)C1. The lowest BCUT2D eigenvalue weighted by molar-refractivity contribution is -0.117. The van der Waals surface area contributed by atoms with Crippen molar-refractivity contribution >= 4 is 11.9 Å². The van der Waals surface area contributed by atoms with Crippen LogP contribution >= 0.6 is 0 Å². The van der Waals surface area contributed by atoms with Crippen LogP contribution in [-0.2, 0) is 9.53 Å². The summed E-state index contributed by atoms with van der Waals surface area (Å²) in [7, 11) is 0. The van der Waals surface area contributed by atoms with Crippen LogP contribution in [0.15, 0.2) is 48.2 Å². The Hall–Kier alpha value is -1.83. The van der Waals surface area contributed by atoms with E-state index in [9.17, 15) is 4.79 Å². The van der Waals surface area contributed by atoms with Crippen LogP contribution in [0.1, 0.15) is 32.3 Å². The number of carbonyl (C=O) groups is 1. The van der Waals surface area contributed by atoms with Gasteiger partial charge in [0.05, 0.1) is 0 Å². The molecular formula is C17H20O2. The molecular weight excluding hydrogens is 236 g/mol. The van der Waals surface area contributed by atoms with Crippen molar-refractivity contribution in [2.75, 3.05) is 6.61 Å². The van der Waals surface area contributed by atoms with E-state index in [1.54, 1.807) is 6.08 Å². The standard InChI is InChI=1S/C17H20O2/c1-17(2)12-15(18)11-16(13-17)19-10-6-9-14-7-4-3-5-8-14/h3-9,11H,10,12-13H2,1-2H3/b9-6+. The van der Waals surface area contributed by atoms with Crippen molar-refractivity contribution in [3.63, 3.8) is 0 Å². The zero-order chi connectivity index (χ0) is 13.7. The molecule has 0 aliphatic heterocycles. The maximum Gasteiger partial charge on any atom is 0.159 e. The summed E-state index contributed by atoms with van der Waals surface area (Å²) in [4.78, 5) is 11.6. The molecule has 1 aliphatic rings. The predicted molar refractivity (Wildman–Crippen MR) is 77.5 cm³/mol. The largest absolute Gasteiger partial charge is 0.494 e. The second kappa shape index (κ2) is 5.87. The zero-order valence-corrected chi connectivity index (χ0v) is 11.6. The molecule has 2 nitrogen and oxygen atoms in total. The van der Waals surface area contributed by atoms with Gasteiger partial charge in [-0.05, 0) is 17.1 Å². The van der Waals surface area contributed by atoms with E-state index < -0.39 is 0 Å². The zero-order valence-electron chi connectivity index (χ0n) is 11.6. The molecule has 0 aromatic heterocycles. The Morgan fingerprint density at radius 1 is 1.21 bits per heavy atom. The van der Waals surface area contributed by atoms with Gasteiger partial charge in [0.15, 0.2) is 5.78 Å². The summed E-state index contributed by atoms with van der Waals surface area (Å²) in [5.74, 6) is 0.970. The second-order valence-corrected chi connectivity index (χ2v) is 5.72. The van der Waals surface area contributed by atoms with Gasteiger partial charge >= 0.3 is 0 Å². The van der Waals surface area contributed by atoms with Crippen LogP contribution in [0.4, 0.5) is 0 Å². The minimum Gasteiger partial charge on any atom is -0.494 e. The van der Waals surface area contributed by atoms with Gasteiger partial charge < -0.3 is 4.74 Å². The number of carbonyl (C=O) groups excluding carboxylic acids is 1. The fourth-order valence-corrected chi connectivity index (χ4v) is 2.28. The highest BCUT2D eigenvalue weighted by Gasteiger charge is 2.28. The lowest BCUT2D eigenvalue weighted by atomic mass is 9.79. The van der Waals surface area contributed by atoms with Crippen molar-refractivity contribution in [3.8, 4) is 0 Å². The first-order valence-electron chi connectivity index (χ1n) is 6.63. The average Bonchev–Trinajstić information content (AvgIpc) is 2.33. The summed E-state index contributed by atoms with van der Waals surface area (Å²) in [6, 6.07) is 10.1. The van der Waals surface area contributed by atoms with E-state index in [1.807, 2.05) is 42.5 Å². The van der Waals surface area contributed by atoms with Gasteiger partial charge in [0.2, 0.25) is 0 Å². The fourth-order valence-electron chi connectivity index (χ4n) is 2.28. The quantitative estimate of drug-likeness (QED) is 0.814. The van der Waals surface area contributed by atoms with Gasteiger partial charge in [-0.3, -0.25) is 4.79 Å². The van der Waals surface area contributed by atoms with Crippen molar-refractivity contribution in [3.05, 3.63) is 53.8 Å². The van der Waals surface area contributed by atoms with Gasteiger partial charge in [0, 0.05) is 18.9 Å². The highest BCUT2D eigenvalue weighted by molar-refractivity contribution is 5.91. The molecule has 1 aromatic carbocycles. The molecule has 2 rings (SSSR count). The Bertz CT molecular complexity index is 495. The summed E-state index contributed by atoms with van der Waals surface area (Å²) in [5, 5.41) is 0. The van der Waals surface area contributed by atoms with E-state index in [0.717, 1.165) is 17.7 Å². The topological polar surface area (TPSA) is 26.3 Å². The molecule has 0 amide bonds. The van der Waals surface area contributed by atoms with Crippen molar-refractivity contribution < 1.29 is 9.53 Å². The van der Waals surface area contributed by atoms with Crippen molar-refractivity contribution in [1.29, 1.82) is 0 Å². The Labute approximate surface area is 114 Å². The highest BCUT2D eigenvalue weighted by atomic mass is 16.5. The molecule has 0 unspecified atom stereocenters. The molecule has 100 valence electrons. The Morgan fingerprint density at radius 3 is 2.63 bits per heavy atom. The van der Waals surface area contributed by atoms with E-state index in [2.05, 4.69) is 13.8 Å². The van der Waals surface area contributed by atoms with Gasteiger partial charge in [0.1, 0.15) is 12.4 Å². The van der Waals surface area contributed by atoms with Crippen molar-refractivity contribution in [2.45, 2.75) is 26.7 Å². The molecule has 1 aromatic rings. The summed E-state index contributed by atoms with van der Waals surface area (Å²) < 4.78 is 5.66.